The molecule has 2 saturated carbocycles. The number of alkyl halides is 3. The zero-order valence-corrected chi connectivity index (χ0v) is 9.22. The average molecular weight is 237 g/mol. The highest BCUT2D eigenvalue weighted by atomic mass is 19.4. The van der Waals surface area contributed by atoms with Gasteiger partial charge < -0.3 is 5.32 Å². The summed E-state index contributed by atoms with van der Waals surface area (Å²) in [7, 11) is 0. The molecule has 2 nitrogen and oxygen atoms in total. The highest BCUT2D eigenvalue weighted by Gasteiger charge is 2.40. The zero-order chi connectivity index (χ0) is 11.6. The number of hydrogen-bond acceptors (Lipinski definition) is 2. The Balaban J connectivity index is 1.53. The smallest absolute Gasteiger partial charge is 0.314 e. The molecule has 0 aromatic carbocycles. The molecule has 2 aliphatic rings. The third-order valence-corrected chi connectivity index (χ3v) is 3.38. The van der Waals surface area contributed by atoms with Crippen molar-refractivity contribution in [1.29, 1.82) is 0 Å². The van der Waals surface area contributed by atoms with E-state index >= 15 is 0 Å². The van der Waals surface area contributed by atoms with Crippen LogP contribution in [0, 0.1) is 17.8 Å². The summed E-state index contributed by atoms with van der Waals surface area (Å²) in [5, 5.41) is 3.08. The number of halogens is 3. The van der Waals surface area contributed by atoms with Crippen LogP contribution in [0.2, 0.25) is 0 Å². The second kappa shape index (κ2) is 4.92. The SMILES string of the molecule is FC(F)(F)OCCNCC(C1CC1)C1CC1. The van der Waals surface area contributed by atoms with Gasteiger partial charge in [0.1, 0.15) is 0 Å². The highest BCUT2D eigenvalue weighted by Crippen LogP contribution is 2.48. The van der Waals surface area contributed by atoms with Crippen molar-refractivity contribution < 1.29 is 17.9 Å². The lowest BCUT2D eigenvalue weighted by Gasteiger charge is -2.16. The van der Waals surface area contributed by atoms with Crippen molar-refractivity contribution in [2.24, 2.45) is 17.8 Å². The molecule has 2 rings (SSSR count). The van der Waals surface area contributed by atoms with Crippen molar-refractivity contribution in [2.75, 3.05) is 19.7 Å². The topological polar surface area (TPSA) is 21.3 Å². The second-order valence-electron chi connectivity index (χ2n) is 4.84. The zero-order valence-electron chi connectivity index (χ0n) is 9.22. The molecular formula is C11H18F3NO. The van der Waals surface area contributed by atoms with Gasteiger partial charge in [0.15, 0.2) is 0 Å². The van der Waals surface area contributed by atoms with Gasteiger partial charge in [-0.1, -0.05) is 0 Å². The van der Waals surface area contributed by atoms with E-state index in [0.717, 1.165) is 18.4 Å². The molecule has 0 radical (unpaired) electrons. The summed E-state index contributed by atoms with van der Waals surface area (Å²) in [6, 6.07) is 0. The van der Waals surface area contributed by atoms with Gasteiger partial charge in [-0.3, -0.25) is 4.74 Å². The molecule has 0 atom stereocenters. The van der Waals surface area contributed by atoms with E-state index in [0.29, 0.717) is 5.92 Å². The van der Waals surface area contributed by atoms with Gasteiger partial charge in [0, 0.05) is 6.54 Å². The van der Waals surface area contributed by atoms with E-state index in [4.69, 9.17) is 0 Å². The summed E-state index contributed by atoms with van der Waals surface area (Å²) < 4.78 is 38.7. The Morgan fingerprint density at radius 3 is 2.12 bits per heavy atom. The fourth-order valence-electron chi connectivity index (χ4n) is 2.27. The minimum absolute atomic E-state index is 0.286. The fraction of sp³-hybridized carbons (Fsp3) is 1.00. The lowest BCUT2D eigenvalue weighted by Crippen LogP contribution is -2.30. The summed E-state index contributed by atoms with van der Waals surface area (Å²) >= 11 is 0. The maximum atomic E-state index is 11.7. The predicted molar refractivity (Wildman–Crippen MR) is 53.8 cm³/mol. The molecule has 0 saturated heterocycles. The molecule has 16 heavy (non-hydrogen) atoms. The largest absolute Gasteiger partial charge is 0.522 e. The standard InChI is InChI=1S/C11H18F3NO/c12-11(13,14)16-6-5-15-7-10(8-1-2-8)9-3-4-9/h8-10,15H,1-7H2. The molecule has 5 heteroatoms. The summed E-state index contributed by atoms with van der Waals surface area (Å²) in [6.45, 7) is 0.859. The first-order chi connectivity index (χ1) is 7.56. The molecule has 0 amide bonds. The van der Waals surface area contributed by atoms with Crippen molar-refractivity contribution in [3.05, 3.63) is 0 Å². The van der Waals surface area contributed by atoms with E-state index in [-0.39, 0.29) is 13.2 Å². The first kappa shape index (κ1) is 12.2. The Morgan fingerprint density at radius 2 is 1.69 bits per heavy atom. The van der Waals surface area contributed by atoms with Crippen molar-refractivity contribution in [1.82, 2.24) is 5.32 Å². The van der Waals surface area contributed by atoms with Crippen LogP contribution < -0.4 is 5.32 Å². The Labute approximate surface area is 93.5 Å². The van der Waals surface area contributed by atoms with Crippen LogP contribution in [-0.2, 0) is 4.74 Å². The molecule has 2 aliphatic carbocycles. The van der Waals surface area contributed by atoms with E-state index in [1.807, 2.05) is 0 Å². The van der Waals surface area contributed by atoms with Gasteiger partial charge in [0.25, 0.3) is 0 Å². The van der Waals surface area contributed by atoms with Crippen LogP contribution >= 0.6 is 0 Å². The molecule has 0 unspecified atom stereocenters. The van der Waals surface area contributed by atoms with Crippen molar-refractivity contribution >= 4 is 0 Å². The molecule has 94 valence electrons. The average Bonchev–Trinajstić information content (AvgIpc) is 2.98. The Bertz CT molecular complexity index is 212. The summed E-state index contributed by atoms with van der Waals surface area (Å²) in [5.41, 5.74) is 0. The molecule has 0 aliphatic heterocycles. The van der Waals surface area contributed by atoms with Gasteiger partial charge >= 0.3 is 6.36 Å². The number of nitrogens with one attached hydrogen (secondary N) is 1. The third-order valence-electron chi connectivity index (χ3n) is 3.38. The van der Waals surface area contributed by atoms with E-state index in [1.165, 1.54) is 25.7 Å². The summed E-state index contributed by atoms with van der Waals surface area (Å²) in [5.74, 6) is 2.37. The first-order valence-corrected chi connectivity index (χ1v) is 5.97. The maximum absolute atomic E-state index is 11.7. The number of ether oxygens (including phenoxy) is 1. The monoisotopic (exact) mass is 237 g/mol. The normalized spacial score (nSPS) is 21.8. The van der Waals surface area contributed by atoms with Crippen LogP contribution in [0.15, 0.2) is 0 Å². The van der Waals surface area contributed by atoms with Gasteiger partial charge in [-0.05, 0) is 50.0 Å². The van der Waals surface area contributed by atoms with Gasteiger partial charge in [-0.15, -0.1) is 13.2 Å². The summed E-state index contributed by atoms with van der Waals surface area (Å²) in [6.07, 6.45) is 0.738. The van der Waals surface area contributed by atoms with Crippen LogP contribution in [0.1, 0.15) is 25.7 Å². The van der Waals surface area contributed by atoms with E-state index in [1.54, 1.807) is 0 Å². The first-order valence-electron chi connectivity index (χ1n) is 5.97. The van der Waals surface area contributed by atoms with E-state index in [9.17, 15) is 13.2 Å². The number of rotatable bonds is 7. The molecule has 1 N–H and O–H groups in total. The van der Waals surface area contributed by atoms with Crippen molar-refractivity contribution in [3.8, 4) is 0 Å². The van der Waals surface area contributed by atoms with Gasteiger partial charge in [0.2, 0.25) is 0 Å². The van der Waals surface area contributed by atoms with Crippen molar-refractivity contribution in [2.45, 2.75) is 32.0 Å². The van der Waals surface area contributed by atoms with Gasteiger partial charge in [-0.25, -0.2) is 0 Å². The summed E-state index contributed by atoms with van der Waals surface area (Å²) in [4.78, 5) is 0. The van der Waals surface area contributed by atoms with Crippen LogP contribution in [0.3, 0.4) is 0 Å². The Kier molecular flexibility index (Phi) is 3.74. The predicted octanol–water partition coefficient (Wildman–Crippen LogP) is 2.55. The second-order valence-corrected chi connectivity index (χ2v) is 4.84. The lowest BCUT2D eigenvalue weighted by atomic mass is 9.98. The minimum atomic E-state index is -4.49. The minimum Gasteiger partial charge on any atom is -0.314 e. The fourth-order valence-corrected chi connectivity index (χ4v) is 2.27. The Hall–Kier alpha value is -0.290. The molecule has 0 heterocycles. The van der Waals surface area contributed by atoms with Crippen LogP contribution in [0.25, 0.3) is 0 Å². The molecular weight excluding hydrogens is 219 g/mol. The lowest BCUT2D eigenvalue weighted by molar-refractivity contribution is -0.323. The van der Waals surface area contributed by atoms with E-state index < -0.39 is 6.36 Å². The third kappa shape index (κ3) is 4.29. The van der Waals surface area contributed by atoms with Crippen LogP contribution in [-0.4, -0.2) is 26.1 Å². The van der Waals surface area contributed by atoms with Crippen LogP contribution in [0.5, 0.6) is 0 Å². The molecule has 2 fully saturated rings. The van der Waals surface area contributed by atoms with Crippen molar-refractivity contribution in [3.63, 3.8) is 0 Å². The molecule has 0 spiro atoms. The van der Waals surface area contributed by atoms with E-state index in [2.05, 4.69) is 10.1 Å². The number of hydrogen-bond donors (Lipinski definition) is 1. The highest BCUT2D eigenvalue weighted by molar-refractivity contribution is 4.92. The molecule has 0 aromatic heterocycles. The molecule has 0 aromatic rings. The van der Waals surface area contributed by atoms with Gasteiger partial charge in [-0.2, -0.15) is 0 Å². The van der Waals surface area contributed by atoms with Gasteiger partial charge in [0.05, 0.1) is 6.61 Å². The quantitative estimate of drug-likeness (QED) is 0.687. The Morgan fingerprint density at radius 1 is 1.12 bits per heavy atom. The van der Waals surface area contributed by atoms with Crippen LogP contribution in [0.4, 0.5) is 13.2 Å². The maximum Gasteiger partial charge on any atom is 0.522 e. The molecule has 0 bridgehead atoms.